The zero-order chi connectivity index (χ0) is 19.8. The van der Waals surface area contributed by atoms with Crippen LogP contribution in [-0.4, -0.2) is 32.5 Å². The number of carbonyl (C=O) groups is 1. The highest BCUT2D eigenvalue weighted by Gasteiger charge is 2.34. The summed E-state index contributed by atoms with van der Waals surface area (Å²) in [5, 5.41) is 11.6. The molecular weight excluding hydrogens is 384 g/mol. The average molecular weight is 404 g/mol. The molecule has 1 aliphatic heterocycles. The van der Waals surface area contributed by atoms with Gasteiger partial charge in [0.1, 0.15) is 11.7 Å². The molecule has 7 heteroatoms. The summed E-state index contributed by atoms with van der Waals surface area (Å²) in [6, 6.07) is 11.8. The fourth-order valence-electron chi connectivity index (χ4n) is 3.88. The standard InChI is InChI=1S/C22H20N4O2S/c1-14-7-8-19-16(11-14)15(13-29-19)12-20(27)26-10-4-6-18(26)22-25-24-21(28-22)17-5-2-3-9-23-17/h2-3,5,7-9,11,13,18H,4,6,10,12H2,1H3/t18-/m0/s1. The van der Waals surface area contributed by atoms with E-state index in [1.807, 2.05) is 23.1 Å². The number of fused-ring (bicyclic) bond motifs is 1. The number of hydrogen-bond donors (Lipinski definition) is 0. The minimum Gasteiger partial charge on any atom is -0.417 e. The van der Waals surface area contributed by atoms with Crippen molar-refractivity contribution in [1.29, 1.82) is 0 Å². The minimum atomic E-state index is -0.168. The molecule has 1 atom stereocenters. The van der Waals surface area contributed by atoms with Crippen molar-refractivity contribution in [1.82, 2.24) is 20.1 Å². The van der Waals surface area contributed by atoms with E-state index in [1.54, 1.807) is 17.5 Å². The molecule has 0 saturated carbocycles. The maximum absolute atomic E-state index is 13.1. The molecule has 0 spiro atoms. The lowest BCUT2D eigenvalue weighted by molar-refractivity contribution is -0.131. The fourth-order valence-corrected chi connectivity index (χ4v) is 4.82. The number of pyridine rings is 1. The number of likely N-dealkylation sites (tertiary alicyclic amines) is 1. The summed E-state index contributed by atoms with van der Waals surface area (Å²) in [6.07, 6.45) is 3.85. The Labute approximate surface area is 172 Å². The summed E-state index contributed by atoms with van der Waals surface area (Å²) >= 11 is 1.69. The second-order valence-corrected chi connectivity index (χ2v) is 8.25. The van der Waals surface area contributed by atoms with Crippen LogP contribution in [0.4, 0.5) is 0 Å². The number of amides is 1. The first-order valence-electron chi connectivity index (χ1n) is 9.70. The van der Waals surface area contributed by atoms with Crippen LogP contribution in [0.3, 0.4) is 0 Å². The highest BCUT2D eigenvalue weighted by atomic mass is 32.1. The van der Waals surface area contributed by atoms with Gasteiger partial charge in [-0.1, -0.05) is 23.8 Å². The van der Waals surface area contributed by atoms with Crippen LogP contribution in [0.2, 0.25) is 0 Å². The number of hydrogen-bond acceptors (Lipinski definition) is 6. The molecule has 1 saturated heterocycles. The van der Waals surface area contributed by atoms with E-state index in [0.717, 1.165) is 18.4 Å². The highest BCUT2D eigenvalue weighted by Crippen LogP contribution is 2.34. The number of nitrogens with zero attached hydrogens (tertiary/aromatic N) is 4. The molecule has 1 aliphatic rings. The fraction of sp³-hybridized carbons (Fsp3) is 0.273. The van der Waals surface area contributed by atoms with Crippen LogP contribution in [0.1, 0.15) is 35.9 Å². The van der Waals surface area contributed by atoms with Crippen LogP contribution in [0.15, 0.2) is 52.4 Å². The van der Waals surface area contributed by atoms with E-state index in [9.17, 15) is 4.79 Å². The van der Waals surface area contributed by atoms with E-state index in [1.165, 1.54) is 15.6 Å². The lowest BCUT2D eigenvalue weighted by Crippen LogP contribution is -2.32. The van der Waals surface area contributed by atoms with E-state index in [-0.39, 0.29) is 11.9 Å². The van der Waals surface area contributed by atoms with Crippen molar-refractivity contribution in [3.8, 4) is 11.6 Å². The van der Waals surface area contributed by atoms with Crippen molar-refractivity contribution in [2.24, 2.45) is 0 Å². The maximum atomic E-state index is 13.1. The SMILES string of the molecule is Cc1ccc2scc(CC(=O)N3CCC[C@H]3c3nnc(-c4ccccn4)o3)c2c1. The Hall–Kier alpha value is -3.06. The van der Waals surface area contributed by atoms with Gasteiger partial charge in [0.2, 0.25) is 11.8 Å². The first-order chi connectivity index (χ1) is 14.2. The van der Waals surface area contributed by atoms with Gasteiger partial charge in [0, 0.05) is 17.4 Å². The normalized spacial score (nSPS) is 16.6. The zero-order valence-electron chi connectivity index (χ0n) is 16.0. The Balaban J connectivity index is 1.37. The Bertz CT molecular complexity index is 1170. The molecule has 3 aromatic heterocycles. The van der Waals surface area contributed by atoms with Gasteiger partial charge in [-0.3, -0.25) is 9.78 Å². The van der Waals surface area contributed by atoms with E-state index < -0.39 is 0 Å². The number of rotatable bonds is 4. The van der Waals surface area contributed by atoms with Gasteiger partial charge in [0.15, 0.2) is 0 Å². The molecule has 146 valence electrons. The van der Waals surface area contributed by atoms with Gasteiger partial charge in [0.05, 0.1) is 6.42 Å². The molecule has 1 fully saturated rings. The Morgan fingerprint density at radius 1 is 1.28 bits per heavy atom. The molecule has 0 aliphatic carbocycles. The molecule has 0 radical (unpaired) electrons. The van der Waals surface area contributed by atoms with Gasteiger partial charge in [-0.2, -0.15) is 0 Å². The summed E-state index contributed by atoms with van der Waals surface area (Å²) in [5.74, 6) is 0.980. The molecule has 1 amide bonds. The summed E-state index contributed by atoms with van der Waals surface area (Å²) in [4.78, 5) is 19.3. The summed E-state index contributed by atoms with van der Waals surface area (Å²) in [5.41, 5.74) is 2.93. The molecule has 5 rings (SSSR count). The predicted molar refractivity (Wildman–Crippen MR) is 111 cm³/mol. The smallest absolute Gasteiger partial charge is 0.266 e. The van der Waals surface area contributed by atoms with E-state index >= 15 is 0 Å². The lowest BCUT2D eigenvalue weighted by atomic mass is 10.1. The molecular formula is C22H20N4O2S. The quantitative estimate of drug-likeness (QED) is 0.499. The van der Waals surface area contributed by atoms with Crippen molar-refractivity contribution in [3.05, 3.63) is 65.0 Å². The topological polar surface area (TPSA) is 72.1 Å². The lowest BCUT2D eigenvalue weighted by Gasteiger charge is -2.22. The third kappa shape index (κ3) is 3.42. The number of aromatic nitrogens is 3. The third-order valence-corrected chi connectivity index (χ3v) is 6.35. The first kappa shape index (κ1) is 18.0. The molecule has 6 nitrogen and oxygen atoms in total. The second kappa shape index (κ2) is 7.40. The minimum absolute atomic E-state index is 0.103. The predicted octanol–water partition coefficient (Wildman–Crippen LogP) is 4.56. The zero-order valence-corrected chi connectivity index (χ0v) is 16.9. The first-order valence-corrected chi connectivity index (χ1v) is 10.6. The number of benzene rings is 1. The Kier molecular flexibility index (Phi) is 4.60. The second-order valence-electron chi connectivity index (χ2n) is 7.34. The number of carbonyl (C=O) groups excluding carboxylic acids is 1. The van der Waals surface area contributed by atoms with Crippen molar-refractivity contribution in [2.45, 2.75) is 32.2 Å². The van der Waals surface area contributed by atoms with Gasteiger partial charge in [-0.25, -0.2) is 0 Å². The van der Waals surface area contributed by atoms with Crippen LogP contribution in [0.5, 0.6) is 0 Å². The van der Waals surface area contributed by atoms with Gasteiger partial charge >= 0.3 is 0 Å². The molecule has 0 bridgehead atoms. The van der Waals surface area contributed by atoms with E-state index in [0.29, 0.717) is 30.4 Å². The Morgan fingerprint density at radius 2 is 2.21 bits per heavy atom. The van der Waals surface area contributed by atoms with Gasteiger partial charge in [0.25, 0.3) is 5.89 Å². The monoisotopic (exact) mass is 404 g/mol. The number of aryl methyl sites for hydroxylation is 1. The highest BCUT2D eigenvalue weighted by molar-refractivity contribution is 7.17. The van der Waals surface area contributed by atoms with Gasteiger partial charge < -0.3 is 9.32 Å². The van der Waals surface area contributed by atoms with Crippen LogP contribution < -0.4 is 0 Å². The van der Waals surface area contributed by atoms with E-state index in [4.69, 9.17) is 4.42 Å². The third-order valence-electron chi connectivity index (χ3n) is 5.33. The summed E-state index contributed by atoms with van der Waals surface area (Å²) in [6.45, 7) is 2.79. The molecule has 4 aromatic rings. The average Bonchev–Trinajstić information content (AvgIpc) is 3.48. The van der Waals surface area contributed by atoms with Gasteiger partial charge in [-0.15, -0.1) is 21.5 Å². The Morgan fingerprint density at radius 3 is 3.07 bits per heavy atom. The van der Waals surface area contributed by atoms with Crippen molar-refractivity contribution in [2.75, 3.05) is 6.54 Å². The van der Waals surface area contributed by atoms with Crippen molar-refractivity contribution in [3.63, 3.8) is 0 Å². The van der Waals surface area contributed by atoms with Crippen LogP contribution in [0, 0.1) is 6.92 Å². The van der Waals surface area contributed by atoms with Crippen LogP contribution in [-0.2, 0) is 11.2 Å². The van der Waals surface area contributed by atoms with Crippen molar-refractivity contribution >= 4 is 27.3 Å². The molecule has 4 heterocycles. The van der Waals surface area contributed by atoms with E-state index in [2.05, 4.69) is 45.7 Å². The largest absolute Gasteiger partial charge is 0.417 e. The summed E-state index contributed by atoms with van der Waals surface area (Å²) < 4.78 is 7.09. The van der Waals surface area contributed by atoms with Crippen LogP contribution in [0.25, 0.3) is 21.7 Å². The summed E-state index contributed by atoms with van der Waals surface area (Å²) in [7, 11) is 0. The van der Waals surface area contributed by atoms with Crippen LogP contribution >= 0.6 is 11.3 Å². The molecule has 29 heavy (non-hydrogen) atoms. The molecule has 0 unspecified atom stereocenters. The van der Waals surface area contributed by atoms with Crippen molar-refractivity contribution < 1.29 is 9.21 Å². The molecule has 1 aromatic carbocycles. The molecule has 0 N–H and O–H groups in total. The maximum Gasteiger partial charge on any atom is 0.266 e. The number of thiophene rings is 1. The van der Waals surface area contributed by atoms with Gasteiger partial charge in [-0.05, 0) is 54.3 Å².